The number of benzene rings is 1. The molecule has 1 saturated carbocycles. The van der Waals surface area contributed by atoms with Crippen LogP contribution in [0.5, 0.6) is 5.88 Å². The molecule has 1 atom stereocenters. The number of anilines is 1. The molecule has 1 heterocycles. The first-order chi connectivity index (χ1) is 14.2. The molecule has 30 heavy (non-hydrogen) atoms. The first-order valence-corrected chi connectivity index (χ1v) is 10.3. The van der Waals surface area contributed by atoms with Gasteiger partial charge in [0.05, 0.1) is 12.2 Å². The van der Waals surface area contributed by atoms with Crippen molar-refractivity contribution in [3.63, 3.8) is 0 Å². The van der Waals surface area contributed by atoms with E-state index in [9.17, 15) is 18.0 Å². The van der Waals surface area contributed by atoms with E-state index in [1.165, 1.54) is 6.07 Å². The fraction of sp³-hybridized carbons (Fsp3) is 0.455. The lowest BCUT2D eigenvalue weighted by Crippen LogP contribution is -2.31. The number of hydrogen-bond acceptors (Lipinski definition) is 3. The van der Waals surface area contributed by atoms with Crippen LogP contribution in [0, 0.1) is 17.8 Å². The largest absolute Gasteiger partial charge is 0.477 e. The van der Waals surface area contributed by atoms with Crippen LogP contribution in [0.1, 0.15) is 38.2 Å². The molecule has 3 rings (SSSR count). The van der Waals surface area contributed by atoms with Crippen molar-refractivity contribution in [2.45, 2.75) is 38.8 Å². The molecule has 0 spiro atoms. The van der Waals surface area contributed by atoms with E-state index in [0.29, 0.717) is 17.5 Å². The van der Waals surface area contributed by atoms with Gasteiger partial charge in [0.1, 0.15) is 0 Å². The van der Waals surface area contributed by atoms with Gasteiger partial charge in [0.15, 0.2) is 0 Å². The van der Waals surface area contributed by atoms with Crippen LogP contribution in [-0.2, 0) is 11.0 Å². The Bertz CT molecular complexity index is 833. The van der Waals surface area contributed by atoms with E-state index in [0.717, 1.165) is 43.6 Å². The number of nitrogens with one attached hydrogen (secondary N) is 1. The molecule has 2 aromatic rings. The Labute approximate surface area is 178 Å². The Balaban J connectivity index is 1.42. The molecule has 1 aromatic heterocycles. The van der Waals surface area contributed by atoms with Gasteiger partial charge in [-0.05, 0) is 67.9 Å². The SMILES string of the molecule is C[C@@H](C(=O)Nc1ccc(Cl)cc1)C1CCC(COc2ccc(C(F)(F)F)cn2)CC1. The monoisotopic (exact) mass is 440 g/mol. The van der Waals surface area contributed by atoms with Gasteiger partial charge in [0, 0.05) is 28.9 Å². The van der Waals surface area contributed by atoms with Crippen LogP contribution in [0.2, 0.25) is 5.02 Å². The van der Waals surface area contributed by atoms with Gasteiger partial charge in [0.25, 0.3) is 0 Å². The molecule has 0 radical (unpaired) electrons. The maximum absolute atomic E-state index is 12.6. The zero-order valence-corrected chi connectivity index (χ0v) is 17.3. The molecule has 0 aliphatic heterocycles. The first-order valence-electron chi connectivity index (χ1n) is 9.95. The number of aromatic nitrogens is 1. The number of pyridine rings is 1. The Morgan fingerprint density at radius 3 is 2.40 bits per heavy atom. The van der Waals surface area contributed by atoms with Crippen LogP contribution >= 0.6 is 11.6 Å². The second kappa shape index (κ2) is 9.69. The lowest BCUT2D eigenvalue weighted by atomic mass is 9.76. The summed E-state index contributed by atoms with van der Waals surface area (Å²) in [5, 5.41) is 3.55. The quantitative estimate of drug-likeness (QED) is 0.580. The average molecular weight is 441 g/mol. The summed E-state index contributed by atoms with van der Waals surface area (Å²) in [4.78, 5) is 16.3. The highest BCUT2D eigenvalue weighted by atomic mass is 35.5. The molecule has 0 saturated heterocycles. The van der Waals surface area contributed by atoms with Crippen LogP contribution in [0.3, 0.4) is 0 Å². The molecule has 0 bridgehead atoms. The summed E-state index contributed by atoms with van der Waals surface area (Å²) in [6.07, 6.45) is 0.00867. The topological polar surface area (TPSA) is 51.2 Å². The Morgan fingerprint density at radius 2 is 1.83 bits per heavy atom. The van der Waals surface area contributed by atoms with Gasteiger partial charge in [-0.25, -0.2) is 4.98 Å². The maximum atomic E-state index is 12.6. The Hall–Kier alpha value is -2.28. The van der Waals surface area contributed by atoms with E-state index >= 15 is 0 Å². The normalized spacial score (nSPS) is 20.4. The zero-order chi connectivity index (χ0) is 21.7. The summed E-state index contributed by atoms with van der Waals surface area (Å²) >= 11 is 5.86. The zero-order valence-electron chi connectivity index (χ0n) is 16.6. The second-order valence-electron chi connectivity index (χ2n) is 7.76. The van der Waals surface area contributed by atoms with E-state index < -0.39 is 11.7 Å². The van der Waals surface area contributed by atoms with E-state index in [-0.39, 0.29) is 23.6 Å². The molecule has 1 amide bonds. The van der Waals surface area contributed by atoms with Gasteiger partial charge in [-0.1, -0.05) is 18.5 Å². The predicted molar refractivity (Wildman–Crippen MR) is 109 cm³/mol. The van der Waals surface area contributed by atoms with Crippen molar-refractivity contribution in [2.24, 2.45) is 17.8 Å². The molecular weight excluding hydrogens is 417 g/mol. The number of hydrogen-bond donors (Lipinski definition) is 1. The van der Waals surface area contributed by atoms with Crippen molar-refractivity contribution in [2.75, 3.05) is 11.9 Å². The fourth-order valence-corrected chi connectivity index (χ4v) is 3.82. The molecular formula is C22H24ClF3N2O2. The molecule has 1 aliphatic rings. The molecule has 0 unspecified atom stereocenters. The molecule has 1 fully saturated rings. The Morgan fingerprint density at radius 1 is 1.17 bits per heavy atom. The third kappa shape index (κ3) is 6.11. The smallest absolute Gasteiger partial charge is 0.417 e. The minimum Gasteiger partial charge on any atom is -0.477 e. The van der Waals surface area contributed by atoms with Crippen molar-refractivity contribution >= 4 is 23.2 Å². The molecule has 4 nitrogen and oxygen atoms in total. The van der Waals surface area contributed by atoms with Gasteiger partial charge in [-0.3, -0.25) is 4.79 Å². The number of rotatable bonds is 6. The van der Waals surface area contributed by atoms with Gasteiger partial charge in [-0.2, -0.15) is 13.2 Å². The minimum absolute atomic E-state index is 0.00835. The highest BCUT2D eigenvalue weighted by molar-refractivity contribution is 6.30. The molecule has 8 heteroatoms. The van der Waals surface area contributed by atoms with E-state index in [1.807, 2.05) is 6.92 Å². The van der Waals surface area contributed by atoms with E-state index in [2.05, 4.69) is 10.3 Å². The standard InChI is InChI=1S/C22H24ClF3N2O2/c1-14(21(29)28-19-9-7-18(23)8-10-19)16-4-2-15(3-5-16)13-30-20-11-6-17(12-27-20)22(24,25)26/h6-12,14-16H,2-5,13H2,1H3,(H,28,29)/t14-,15?,16?/m1/s1. The van der Waals surface area contributed by atoms with E-state index in [4.69, 9.17) is 16.3 Å². The van der Waals surface area contributed by atoms with Crippen molar-refractivity contribution in [3.05, 3.63) is 53.2 Å². The van der Waals surface area contributed by atoms with E-state index in [1.54, 1.807) is 24.3 Å². The molecule has 162 valence electrons. The number of carbonyl (C=O) groups excluding carboxylic acids is 1. The number of carbonyl (C=O) groups is 1. The number of nitrogens with zero attached hydrogens (tertiary/aromatic N) is 1. The molecule has 1 aliphatic carbocycles. The van der Waals surface area contributed by atoms with Crippen LogP contribution in [0.4, 0.5) is 18.9 Å². The first kappa shape index (κ1) is 22.4. The Kier molecular flexibility index (Phi) is 7.23. The van der Waals surface area contributed by atoms with Gasteiger partial charge >= 0.3 is 6.18 Å². The summed E-state index contributed by atoms with van der Waals surface area (Å²) < 4.78 is 43.3. The number of amides is 1. The number of ether oxygens (including phenoxy) is 1. The average Bonchev–Trinajstić information content (AvgIpc) is 2.73. The van der Waals surface area contributed by atoms with Crippen LogP contribution in [0.15, 0.2) is 42.6 Å². The summed E-state index contributed by atoms with van der Waals surface area (Å²) in [5.41, 5.74) is -0.0661. The van der Waals surface area contributed by atoms with Crippen LogP contribution in [-0.4, -0.2) is 17.5 Å². The maximum Gasteiger partial charge on any atom is 0.417 e. The van der Waals surface area contributed by atoms with Gasteiger partial charge in [-0.15, -0.1) is 0 Å². The van der Waals surface area contributed by atoms with Crippen molar-refractivity contribution < 1.29 is 22.7 Å². The van der Waals surface area contributed by atoms with Crippen molar-refractivity contribution in [3.8, 4) is 5.88 Å². The highest BCUT2D eigenvalue weighted by Gasteiger charge is 2.31. The van der Waals surface area contributed by atoms with Crippen LogP contribution in [0.25, 0.3) is 0 Å². The summed E-state index contributed by atoms with van der Waals surface area (Å²) in [5.74, 6) is 0.667. The summed E-state index contributed by atoms with van der Waals surface area (Å²) in [6.45, 7) is 2.36. The van der Waals surface area contributed by atoms with Gasteiger partial charge < -0.3 is 10.1 Å². The minimum atomic E-state index is -4.40. The van der Waals surface area contributed by atoms with Gasteiger partial charge in [0.2, 0.25) is 11.8 Å². The lowest BCUT2D eigenvalue weighted by molar-refractivity contribution is -0.137. The number of alkyl halides is 3. The van der Waals surface area contributed by atoms with Crippen molar-refractivity contribution in [1.29, 1.82) is 0 Å². The highest BCUT2D eigenvalue weighted by Crippen LogP contribution is 2.34. The summed E-state index contributed by atoms with van der Waals surface area (Å²) in [6, 6.07) is 9.24. The second-order valence-corrected chi connectivity index (χ2v) is 8.20. The van der Waals surface area contributed by atoms with Crippen LogP contribution < -0.4 is 10.1 Å². The third-order valence-electron chi connectivity index (χ3n) is 5.65. The third-order valence-corrected chi connectivity index (χ3v) is 5.91. The molecule has 1 aromatic carbocycles. The lowest BCUT2D eigenvalue weighted by Gasteiger charge is -2.31. The van der Waals surface area contributed by atoms with Crippen molar-refractivity contribution in [1.82, 2.24) is 4.98 Å². The molecule has 1 N–H and O–H groups in total. The number of halogens is 4. The summed E-state index contributed by atoms with van der Waals surface area (Å²) in [7, 11) is 0. The fourth-order valence-electron chi connectivity index (χ4n) is 3.69. The predicted octanol–water partition coefficient (Wildman–Crippen LogP) is 6.21.